The number of fused-ring (bicyclic) bond motifs is 3. The molecule has 40 heavy (non-hydrogen) atoms. The Morgan fingerprint density at radius 1 is 1.15 bits per heavy atom. The fraction of sp³-hybridized carbons (Fsp3) is 0.419. The van der Waals surface area contributed by atoms with Crippen LogP contribution in [0, 0.1) is 11.7 Å². The average Bonchev–Trinajstić information content (AvgIpc) is 3.57. The van der Waals surface area contributed by atoms with Gasteiger partial charge in [-0.05, 0) is 107 Å². The smallest absolute Gasteiger partial charge is 0.142 e. The van der Waals surface area contributed by atoms with E-state index in [0.717, 1.165) is 46.0 Å². The van der Waals surface area contributed by atoms with Gasteiger partial charge in [0.15, 0.2) is 0 Å². The highest BCUT2D eigenvalue weighted by molar-refractivity contribution is 7.19. The van der Waals surface area contributed by atoms with Gasteiger partial charge in [0, 0.05) is 23.2 Å². The van der Waals surface area contributed by atoms with Gasteiger partial charge in [0.25, 0.3) is 0 Å². The molecule has 1 N–H and O–H groups in total. The topological polar surface area (TPSA) is 53.5 Å². The maximum absolute atomic E-state index is 13.2. The minimum absolute atomic E-state index is 0.265. The SMILES string of the molecule is CN(C)[C@H]1CCN(CCC2CCc3c(sc4ncnc(Nc5ccc(OCc6ccc(F)cc6)c(Cl)c5)c34)C2)C1. The van der Waals surface area contributed by atoms with Gasteiger partial charge in [-0.2, -0.15) is 0 Å². The van der Waals surface area contributed by atoms with Crippen molar-refractivity contribution in [2.75, 3.05) is 39.0 Å². The first-order chi connectivity index (χ1) is 19.4. The number of benzene rings is 2. The van der Waals surface area contributed by atoms with Crippen LogP contribution in [0.5, 0.6) is 5.75 Å². The molecule has 210 valence electrons. The largest absolute Gasteiger partial charge is 0.487 e. The molecule has 6 rings (SSSR count). The van der Waals surface area contributed by atoms with E-state index in [1.54, 1.807) is 18.5 Å². The number of aromatic nitrogens is 2. The van der Waals surface area contributed by atoms with E-state index in [2.05, 4.69) is 39.2 Å². The Morgan fingerprint density at radius 2 is 2.00 bits per heavy atom. The molecular weight excluding hydrogens is 545 g/mol. The minimum atomic E-state index is -0.265. The van der Waals surface area contributed by atoms with Crippen molar-refractivity contribution < 1.29 is 9.13 Å². The van der Waals surface area contributed by atoms with E-state index >= 15 is 0 Å². The van der Waals surface area contributed by atoms with E-state index in [1.807, 2.05) is 29.5 Å². The molecule has 0 radical (unpaired) electrons. The lowest BCUT2D eigenvalue weighted by Crippen LogP contribution is -2.32. The monoisotopic (exact) mass is 579 g/mol. The third kappa shape index (κ3) is 6.10. The van der Waals surface area contributed by atoms with Crippen molar-refractivity contribution in [1.29, 1.82) is 0 Å². The van der Waals surface area contributed by atoms with Gasteiger partial charge in [0.2, 0.25) is 0 Å². The second-order valence-corrected chi connectivity index (χ2v) is 12.7. The molecule has 1 unspecified atom stereocenters. The zero-order chi connectivity index (χ0) is 27.6. The van der Waals surface area contributed by atoms with Gasteiger partial charge >= 0.3 is 0 Å². The Kier molecular flexibility index (Phi) is 8.21. The summed E-state index contributed by atoms with van der Waals surface area (Å²) in [6.45, 7) is 3.94. The van der Waals surface area contributed by atoms with Gasteiger partial charge in [-0.1, -0.05) is 23.7 Å². The number of nitrogens with zero attached hydrogens (tertiary/aromatic N) is 4. The number of hydrogen-bond donors (Lipinski definition) is 1. The molecule has 3 heterocycles. The van der Waals surface area contributed by atoms with Crippen LogP contribution in [-0.2, 0) is 19.4 Å². The molecule has 1 aliphatic carbocycles. The number of halogens is 2. The zero-order valence-electron chi connectivity index (χ0n) is 23.0. The summed E-state index contributed by atoms with van der Waals surface area (Å²) in [5, 5.41) is 5.12. The van der Waals surface area contributed by atoms with Crippen LogP contribution < -0.4 is 10.1 Å². The number of nitrogens with one attached hydrogen (secondary N) is 1. The molecule has 2 aromatic heterocycles. The molecule has 2 aromatic carbocycles. The van der Waals surface area contributed by atoms with E-state index in [0.29, 0.717) is 23.4 Å². The van der Waals surface area contributed by atoms with Crippen LogP contribution >= 0.6 is 22.9 Å². The molecule has 2 atom stereocenters. The number of ether oxygens (including phenoxy) is 1. The maximum Gasteiger partial charge on any atom is 0.142 e. The van der Waals surface area contributed by atoms with Crippen molar-refractivity contribution in [1.82, 2.24) is 19.8 Å². The fourth-order valence-corrected chi connectivity index (χ4v) is 7.43. The molecule has 0 amide bonds. The molecule has 0 saturated carbocycles. The van der Waals surface area contributed by atoms with E-state index < -0.39 is 0 Å². The Bertz CT molecular complexity index is 1480. The first kappa shape index (κ1) is 27.4. The standard InChI is InChI=1S/C31H35ClFN5OS/c1-37(2)24-12-14-38(17-24)13-11-20-5-9-25-28(15-20)40-31-29(25)30(34-19-35-31)36-23-8-10-27(26(32)16-23)39-18-21-3-6-22(33)7-4-21/h3-4,6-8,10,16,19-20,24H,5,9,11-15,17-18H2,1-2H3,(H,34,35,36)/t20?,24-/m0/s1. The van der Waals surface area contributed by atoms with Crippen molar-refractivity contribution in [2.45, 2.75) is 44.8 Å². The molecule has 0 spiro atoms. The summed E-state index contributed by atoms with van der Waals surface area (Å²) in [5.74, 6) is 1.86. The number of anilines is 2. The normalized spacial score (nSPS) is 19.3. The second kappa shape index (κ2) is 12.0. The highest BCUT2D eigenvalue weighted by Crippen LogP contribution is 2.41. The Morgan fingerprint density at radius 3 is 2.77 bits per heavy atom. The summed E-state index contributed by atoms with van der Waals surface area (Å²) in [6.07, 6.45) is 7.60. The molecule has 1 saturated heterocycles. The maximum atomic E-state index is 13.2. The quantitative estimate of drug-likeness (QED) is 0.232. The summed E-state index contributed by atoms with van der Waals surface area (Å²) >= 11 is 8.37. The molecule has 2 aliphatic rings. The first-order valence-corrected chi connectivity index (χ1v) is 15.2. The van der Waals surface area contributed by atoms with Gasteiger partial charge < -0.3 is 19.9 Å². The zero-order valence-corrected chi connectivity index (χ0v) is 24.6. The summed E-state index contributed by atoms with van der Waals surface area (Å²) in [5.41, 5.74) is 3.12. The molecule has 1 fully saturated rings. The number of likely N-dealkylation sites (tertiary alicyclic amines) is 1. The van der Waals surface area contributed by atoms with Crippen LogP contribution in [0.3, 0.4) is 0 Å². The average molecular weight is 580 g/mol. The van der Waals surface area contributed by atoms with Crippen LogP contribution in [0.4, 0.5) is 15.9 Å². The molecule has 1 aliphatic heterocycles. The van der Waals surface area contributed by atoms with E-state index in [-0.39, 0.29) is 5.82 Å². The van der Waals surface area contributed by atoms with Crippen molar-refractivity contribution in [3.63, 3.8) is 0 Å². The first-order valence-electron chi connectivity index (χ1n) is 14.0. The van der Waals surface area contributed by atoms with Crippen LogP contribution in [0.2, 0.25) is 5.02 Å². The highest BCUT2D eigenvalue weighted by atomic mass is 35.5. The lowest BCUT2D eigenvalue weighted by molar-refractivity contribution is 0.252. The van der Waals surface area contributed by atoms with Gasteiger partial charge in [-0.25, -0.2) is 14.4 Å². The third-order valence-electron chi connectivity index (χ3n) is 8.28. The number of rotatable bonds is 9. The third-order valence-corrected chi connectivity index (χ3v) is 9.74. The highest BCUT2D eigenvalue weighted by Gasteiger charge is 2.28. The molecule has 4 aromatic rings. The number of thiophene rings is 1. The Hall–Kier alpha value is -2.78. The molecule has 6 nitrogen and oxygen atoms in total. The summed E-state index contributed by atoms with van der Waals surface area (Å²) in [7, 11) is 4.39. The Labute approximate surface area is 244 Å². The van der Waals surface area contributed by atoms with Crippen LogP contribution in [0.1, 0.15) is 35.3 Å². The van der Waals surface area contributed by atoms with Crippen molar-refractivity contribution in [3.8, 4) is 5.75 Å². The van der Waals surface area contributed by atoms with Crippen LogP contribution in [0.15, 0.2) is 48.8 Å². The van der Waals surface area contributed by atoms with E-state index in [1.165, 1.54) is 61.5 Å². The van der Waals surface area contributed by atoms with Crippen LogP contribution in [0.25, 0.3) is 10.2 Å². The van der Waals surface area contributed by atoms with Gasteiger partial charge in [0.1, 0.15) is 35.1 Å². The van der Waals surface area contributed by atoms with Crippen LogP contribution in [-0.4, -0.2) is 59.5 Å². The Balaban J connectivity index is 1.11. The van der Waals surface area contributed by atoms with E-state index in [4.69, 9.17) is 16.3 Å². The lowest BCUT2D eigenvalue weighted by Gasteiger charge is -2.25. The van der Waals surface area contributed by atoms with Crippen molar-refractivity contribution >= 4 is 44.7 Å². The molecule has 0 bridgehead atoms. The molecular formula is C31H35ClFN5OS. The summed E-state index contributed by atoms with van der Waals surface area (Å²) in [4.78, 5) is 16.8. The second-order valence-electron chi connectivity index (χ2n) is 11.2. The van der Waals surface area contributed by atoms with E-state index in [9.17, 15) is 4.39 Å². The predicted octanol–water partition coefficient (Wildman–Crippen LogP) is 6.94. The fourth-order valence-electron chi connectivity index (χ4n) is 5.90. The minimum Gasteiger partial charge on any atom is -0.487 e. The number of aryl methyl sites for hydroxylation is 1. The van der Waals surface area contributed by atoms with Gasteiger partial charge in [-0.3, -0.25) is 0 Å². The van der Waals surface area contributed by atoms with Gasteiger partial charge in [0.05, 0.1) is 10.4 Å². The van der Waals surface area contributed by atoms with Crippen molar-refractivity contribution in [2.24, 2.45) is 5.92 Å². The predicted molar refractivity (Wildman–Crippen MR) is 162 cm³/mol. The van der Waals surface area contributed by atoms with Crippen molar-refractivity contribution in [3.05, 3.63) is 75.6 Å². The lowest BCUT2D eigenvalue weighted by atomic mass is 9.85. The molecule has 9 heteroatoms. The number of likely N-dealkylation sites (N-methyl/N-ethyl adjacent to an activating group) is 1. The number of hydrogen-bond acceptors (Lipinski definition) is 7. The summed E-state index contributed by atoms with van der Waals surface area (Å²) < 4.78 is 19.0. The summed E-state index contributed by atoms with van der Waals surface area (Å²) in [6, 6.07) is 12.6. The van der Waals surface area contributed by atoms with Gasteiger partial charge in [-0.15, -0.1) is 11.3 Å².